The maximum atomic E-state index is 6.11. The summed E-state index contributed by atoms with van der Waals surface area (Å²) in [5.74, 6) is 1.48. The molecular weight excluding hydrogens is 326 g/mol. The number of rotatable bonds is 5. The third-order valence-electron chi connectivity index (χ3n) is 6.02. The second kappa shape index (κ2) is 8.89. The van der Waals surface area contributed by atoms with E-state index in [1.807, 2.05) is 0 Å². The molecule has 3 unspecified atom stereocenters. The summed E-state index contributed by atoms with van der Waals surface area (Å²) >= 11 is 0. The number of ether oxygens (including phenoxy) is 1. The van der Waals surface area contributed by atoms with Crippen LogP contribution in [0.2, 0.25) is 0 Å². The number of fused-ring (bicyclic) bond motifs is 3. The number of aliphatic imine (C=N–C) groups is 1. The molecule has 0 aromatic carbocycles. The molecule has 4 saturated heterocycles. The minimum Gasteiger partial charge on any atom is -0.377 e. The molecule has 4 fully saturated rings. The molecule has 0 aliphatic carbocycles. The molecule has 0 amide bonds. The SMILES string of the molecule is CCNC(=NCC1CCCOC1C(C)(C)C)NCC1CN2CCN1CC2. The number of piperazine rings is 3. The summed E-state index contributed by atoms with van der Waals surface area (Å²) in [4.78, 5) is 10.1. The molecule has 0 spiro atoms. The van der Waals surface area contributed by atoms with E-state index < -0.39 is 0 Å². The van der Waals surface area contributed by atoms with Gasteiger partial charge in [-0.3, -0.25) is 14.8 Å². The maximum absolute atomic E-state index is 6.11. The Balaban J connectivity index is 1.54. The van der Waals surface area contributed by atoms with Crippen molar-refractivity contribution in [2.45, 2.75) is 52.7 Å². The first kappa shape index (κ1) is 19.9. The number of hydrogen-bond acceptors (Lipinski definition) is 4. The molecule has 4 rings (SSSR count). The van der Waals surface area contributed by atoms with Crippen LogP contribution in [0.25, 0.3) is 0 Å². The van der Waals surface area contributed by atoms with Gasteiger partial charge in [0.15, 0.2) is 5.96 Å². The maximum Gasteiger partial charge on any atom is 0.191 e. The number of nitrogens with zero attached hydrogens (tertiary/aromatic N) is 3. The third kappa shape index (κ3) is 5.11. The van der Waals surface area contributed by atoms with Crippen LogP contribution in [0.1, 0.15) is 40.5 Å². The quantitative estimate of drug-likeness (QED) is 0.569. The van der Waals surface area contributed by atoms with Crippen molar-refractivity contribution in [3.8, 4) is 0 Å². The van der Waals surface area contributed by atoms with E-state index in [9.17, 15) is 0 Å². The minimum absolute atomic E-state index is 0.176. The summed E-state index contributed by atoms with van der Waals surface area (Å²) in [6.45, 7) is 18.7. The van der Waals surface area contributed by atoms with Crippen LogP contribution in [0.3, 0.4) is 0 Å². The van der Waals surface area contributed by atoms with E-state index in [0.29, 0.717) is 18.1 Å². The van der Waals surface area contributed by atoms with Crippen molar-refractivity contribution in [1.82, 2.24) is 20.4 Å². The second-order valence-corrected chi connectivity index (χ2v) is 9.15. The fraction of sp³-hybridized carbons (Fsp3) is 0.950. The van der Waals surface area contributed by atoms with Gasteiger partial charge in [-0.25, -0.2) is 0 Å². The van der Waals surface area contributed by atoms with Gasteiger partial charge in [0.2, 0.25) is 0 Å². The van der Waals surface area contributed by atoms with Gasteiger partial charge in [-0.05, 0) is 25.2 Å². The van der Waals surface area contributed by atoms with Gasteiger partial charge in [-0.1, -0.05) is 20.8 Å². The molecule has 4 heterocycles. The van der Waals surface area contributed by atoms with E-state index in [1.165, 1.54) is 39.1 Å². The van der Waals surface area contributed by atoms with Crippen molar-refractivity contribution in [3.63, 3.8) is 0 Å². The van der Waals surface area contributed by atoms with Gasteiger partial charge >= 0.3 is 0 Å². The normalized spacial score (nSPS) is 35.4. The van der Waals surface area contributed by atoms with Crippen molar-refractivity contribution in [2.24, 2.45) is 16.3 Å². The number of hydrogen-bond donors (Lipinski definition) is 2. The monoisotopic (exact) mass is 365 g/mol. The molecule has 4 aliphatic heterocycles. The highest BCUT2D eigenvalue weighted by Gasteiger charge is 2.35. The van der Waals surface area contributed by atoms with Crippen LogP contribution in [-0.2, 0) is 4.74 Å². The first-order valence-electron chi connectivity index (χ1n) is 10.6. The Hall–Kier alpha value is -0.850. The highest BCUT2D eigenvalue weighted by atomic mass is 16.5. The molecule has 2 N–H and O–H groups in total. The van der Waals surface area contributed by atoms with Gasteiger partial charge < -0.3 is 15.4 Å². The summed E-state index contributed by atoms with van der Waals surface area (Å²) < 4.78 is 6.11. The zero-order chi connectivity index (χ0) is 18.6. The molecule has 3 atom stereocenters. The standard InChI is InChI=1S/C20H39N5O/c1-5-21-19(23-14-17-15-24-8-10-25(17)11-9-24)22-13-16-7-6-12-26-18(16)20(2,3)4/h16-18H,5-15H2,1-4H3,(H2,21,22,23). The van der Waals surface area contributed by atoms with Gasteiger partial charge in [-0.15, -0.1) is 0 Å². The van der Waals surface area contributed by atoms with Crippen LogP contribution in [0.15, 0.2) is 4.99 Å². The fourth-order valence-electron chi connectivity index (χ4n) is 4.67. The average Bonchev–Trinajstić information content (AvgIpc) is 2.64. The molecule has 6 nitrogen and oxygen atoms in total. The molecule has 0 saturated carbocycles. The summed E-state index contributed by atoms with van der Waals surface area (Å²) in [5, 5.41) is 7.02. The Morgan fingerprint density at radius 2 is 1.92 bits per heavy atom. The molecule has 26 heavy (non-hydrogen) atoms. The lowest BCUT2D eigenvalue weighted by Gasteiger charge is -2.47. The Labute approximate surface area is 159 Å². The van der Waals surface area contributed by atoms with Crippen LogP contribution in [0.5, 0.6) is 0 Å². The molecule has 2 bridgehead atoms. The first-order valence-corrected chi connectivity index (χ1v) is 10.6. The topological polar surface area (TPSA) is 52.1 Å². The Morgan fingerprint density at radius 3 is 2.54 bits per heavy atom. The van der Waals surface area contributed by atoms with Crippen LogP contribution in [0, 0.1) is 11.3 Å². The van der Waals surface area contributed by atoms with E-state index in [0.717, 1.165) is 38.6 Å². The molecular formula is C20H39N5O. The van der Waals surface area contributed by atoms with Gasteiger partial charge in [0.25, 0.3) is 0 Å². The predicted molar refractivity (Wildman–Crippen MR) is 108 cm³/mol. The highest BCUT2D eigenvalue weighted by Crippen LogP contribution is 2.34. The third-order valence-corrected chi connectivity index (χ3v) is 6.02. The summed E-state index contributed by atoms with van der Waals surface area (Å²) in [6, 6.07) is 0.613. The van der Waals surface area contributed by atoms with E-state index >= 15 is 0 Å². The zero-order valence-corrected chi connectivity index (χ0v) is 17.3. The first-order chi connectivity index (χ1) is 12.5. The van der Waals surface area contributed by atoms with E-state index in [4.69, 9.17) is 9.73 Å². The predicted octanol–water partition coefficient (Wildman–Crippen LogP) is 1.38. The van der Waals surface area contributed by atoms with Crippen LogP contribution in [-0.4, -0.2) is 86.9 Å². The fourth-order valence-corrected chi connectivity index (χ4v) is 4.67. The van der Waals surface area contributed by atoms with E-state index in [1.54, 1.807) is 0 Å². The molecule has 150 valence electrons. The van der Waals surface area contributed by atoms with Crippen molar-refractivity contribution >= 4 is 5.96 Å². The van der Waals surface area contributed by atoms with Crippen molar-refractivity contribution in [3.05, 3.63) is 0 Å². The van der Waals surface area contributed by atoms with E-state index in [-0.39, 0.29) is 5.41 Å². The smallest absolute Gasteiger partial charge is 0.191 e. The van der Waals surface area contributed by atoms with E-state index in [2.05, 4.69) is 48.1 Å². The summed E-state index contributed by atoms with van der Waals surface area (Å²) in [7, 11) is 0. The second-order valence-electron chi connectivity index (χ2n) is 9.15. The van der Waals surface area contributed by atoms with Gasteiger partial charge in [0.1, 0.15) is 0 Å². The summed E-state index contributed by atoms with van der Waals surface area (Å²) in [6.07, 6.45) is 2.68. The van der Waals surface area contributed by atoms with Crippen molar-refractivity contribution in [2.75, 3.05) is 59.0 Å². The highest BCUT2D eigenvalue weighted by molar-refractivity contribution is 5.79. The molecule has 0 aromatic rings. The molecule has 4 aliphatic rings. The van der Waals surface area contributed by atoms with Crippen LogP contribution >= 0.6 is 0 Å². The largest absolute Gasteiger partial charge is 0.377 e. The average molecular weight is 366 g/mol. The minimum atomic E-state index is 0.176. The lowest BCUT2D eigenvalue weighted by molar-refractivity contribution is -0.0823. The van der Waals surface area contributed by atoms with Gasteiger partial charge in [0, 0.05) is 70.9 Å². The lowest BCUT2D eigenvalue weighted by atomic mass is 9.78. The van der Waals surface area contributed by atoms with Crippen molar-refractivity contribution < 1.29 is 4.74 Å². The Bertz CT molecular complexity index is 467. The van der Waals surface area contributed by atoms with Gasteiger partial charge in [-0.2, -0.15) is 0 Å². The zero-order valence-electron chi connectivity index (χ0n) is 17.3. The lowest BCUT2D eigenvalue weighted by Crippen LogP contribution is -2.63. The van der Waals surface area contributed by atoms with Gasteiger partial charge in [0.05, 0.1) is 6.10 Å². The Morgan fingerprint density at radius 1 is 1.15 bits per heavy atom. The van der Waals surface area contributed by atoms with Crippen molar-refractivity contribution in [1.29, 1.82) is 0 Å². The Kier molecular flexibility index (Phi) is 6.81. The number of nitrogens with one attached hydrogen (secondary N) is 2. The molecule has 6 heteroatoms. The van der Waals surface area contributed by atoms with Crippen LogP contribution < -0.4 is 10.6 Å². The number of guanidine groups is 1. The van der Waals surface area contributed by atoms with Crippen LogP contribution in [0.4, 0.5) is 0 Å². The molecule has 0 aromatic heterocycles. The summed E-state index contributed by atoms with van der Waals surface area (Å²) in [5.41, 5.74) is 0.176. The molecule has 0 radical (unpaired) electrons.